The molecular formula is C12H21N5OS. The van der Waals surface area contributed by atoms with Gasteiger partial charge in [0, 0.05) is 32.2 Å². The highest BCUT2D eigenvalue weighted by Gasteiger charge is 2.28. The van der Waals surface area contributed by atoms with E-state index in [4.69, 9.17) is 11.5 Å². The average Bonchev–Trinajstić information content (AvgIpc) is 2.97. The minimum Gasteiger partial charge on any atom is -0.382 e. The van der Waals surface area contributed by atoms with Gasteiger partial charge >= 0.3 is 0 Å². The smallest absolute Gasteiger partial charge is 0.267 e. The molecular weight excluding hydrogens is 262 g/mol. The van der Waals surface area contributed by atoms with Gasteiger partial charge in [0.15, 0.2) is 5.13 Å². The number of carbonyl (C=O) groups is 1. The van der Waals surface area contributed by atoms with Crippen LogP contribution in [0.15, 0.2) is 0 Å². The summed E-state index contributed by atoms with van der Waals surface area (Å²) < 4.78 is 0. The number of nitrogen functional groups attached to an aromatic ring is 1. The molecule has 1 atom stereocenters. The minimum absolute atomic E-state index is 0.0404. The Balaban J connectivity index is 2.18. The summed E-state index contributed by atoms with van der Waals surface area (Å²) in [7, 11) is 0. The molecule has 1 aromatic rings. The second-order valence-electron chi connectivity index (χ2n) is 4.68. The number of carbonyl (C=O) groups excluding carboxylic acids is 1. The highest BCUT2D eigenvalue weighted by molar-refractivity contribution is 7.18. The van der Waals surface area contributed by atoms with Gasteiger partial charge in [-0.2, -0.15) is 0 Å². The third-order valence-corrected chi connectivity index (χ3v) is 4.50. The number of hydrogen-bond acceptors (Lipinski definition) is 6. The van der Waals surface area contributed by atoms with Crippen LogP contribution in [-0.4, -0.2) is 48.0 Å². The molecule has 2 rings (SSSR count). The molecule has 0 radical (unpaired) electrons. The topological polar surface area (TPSA) is 88.5 Å². The third kappa shape index (κ3) is 2.82. The van der Waals surface area contributed by atoms with E-state index in [0.29, 0.717) is 23.8 Å². The van der Waals surface area contributed by atoms with Gasteiger partial charge in [-0.25, -0.2) is 4.98 Å². The molecule has 0 aliphatic carbocycles. The lowest BCUT2D eigenvalue weighted by Crippen LogP contribution is -2.31. The number of thiazole rings is 1. The van der Waals surface area contributed by atoms with Crippen LogP contribution >= 0.6 is 11.3 Å². The van der Waals surface area contributed by atoms with E-state index in [2.05, 4.69) is 23.7 Å². The normalized spacial score (nSPS) is 18.9. The molecule has 1 saturated heterocycles. The monoisotopic (exact) mass is 283 g/mol. The fraction of sp³-hybridized carbons (Fsp3) is 0.667. The molecule has 106 valence electrons. The molecule has 0 bridgehead atoms. The first-order valence-electron chi connectivity index (χ1n) is 6.62. The van der Waals surface area contributed by atoms with Gasteiger partial charge in [0.1, 0.15) is 10.7 Å². The van der Waals surface area contributed by atoms with E-state index in [0.717, 1.165) is 24.6 Å². The van der Waals surface area contributed by atoms with E-state index in [1.54, 1.807) is 4.90 Å². The molecule has 1 unspecified atom stereocenters. The van der Waals surface area contributed by atoms with Crippen molar-refractivity contribution in [1.82, 2.24) is 9.88 Å². The number of nitrogens with two attached hydrogens (primary N) is 2. The maximum absolute atomic E-state index is 12.4. The summed E-state index contributed by atoms with van der Waals surface area (Å²) in [4.78, 5) is 21.1. The molecule has 1 aliphatic rings. The van der Waals surface area contributed by atoms with Gasteiger partial charge in [-0.3, -0.25) is 4.79 Å². The quantitative estimate of drug-likeness (QED) is 0.851. The maximum atomic E-state index is 12.4. The predicted molar refractivity (Wildman–Crippen MR) is 78.6 cm³/mol. The van der Waals surface area contributed by atoms with E-state index in [9.17, 15) is 4.79 Å². The van der Waals surface area contributed by atoms with Crippen LogP contribution < -0.4 is 16.4 Å². The van der Waals surface area contributed by atoms with Crippen molar-refractivity contribution in [1.29, 1.82) is 0 Å². The fourth-order valence-corrected chi connectivity index (χ4v) is 3.30. The SMILES string of the molecule is CCN(CC)c1nc(N)c(C(=O)N2CCC(N)C2)s1. The number of rotatable bonds is 4. The molecule has 0 saturated carbocycles. The summed E-state index contributed by atoms with van der Waals surface area (Å²) in [6.07, 6.45) is 0.855. The van der Waals surface area contributed by atoms with Crippen molar-refractivity contribution in [2.24, 2.45) is 5.73 Å². The zero-order valence-corrected chi connectivity index (χ0v) is 12.2. The van der Waals surface area contributed by atoms with Crippen LogP contribution in [0.25, 0.3) is 0 Å². The van der Waals surface area contributed by atoms with E-state index in [-0.39, 0.29) is 11.9 Å². The highest BCUT2D eigenvalue weighted by Crippen LogP contribution is 2.29. The van der Waals surface area contributed by atoms with Gasteiger partial charge in [-0.15, -0.1) is 0 Å². The number of likely N-dealkylation sites (tertiary alicyclic amines) is 1. The highest BCUT2D eigenvalue weighted by atomic mass is 32.1. The van der Waals surface area contributed by atoms with Crippen molar-refractivity contribution in [3.63, 3.8) is 0 Å². The molecule has 1 amide bonds. The second-order valence-corrected chi connectivity index (χ2v) is 5.66. The van der Waals surface area contributed by atoms with Crippen LogP contribution in [0.1, 0.15) is 29.9 Å². The molecule has 7 heteroatoms. The molecule has 4 N–H and O–H groups in total. The molecule has 19 heavy (non-hydrogen) atoms. The summed E-state index contributed by atoms with van der Waals surface area (Å²) in [6.45, 7) is 7.14. The Morgan fingerprint density at radius 1 is 1.53 bits per heavy atom. The number of hydrogen-bond donors (Lipinski definition) is 2. The first-order valence-corrected chi connectivity index (χ1v) is 7.44. The second kappa shape index (κ2) is 5.75. The average molecular weight is 283 g/mol. The molecule has 0 spiro atoms. The van der Waals surface area contributed by atoms with Crippen molar-refractivity contribution in [3.05, 3.63) is 4.88 Å². The lowest BCUT2D eigenvalue weighted by atomic mass is 10.3. The number of aromatic nitrogens is 1. The molecule has 6 nitrogen and oxygen atoms in total. The Morgan fingerprint density at radius 2 is 2.21 bits per heavy atom. The van der Waals surface area contributed by atoms with Crippen LogP contribution in [0.4, 0.5) is 10.9 Å². The van der Waals surface area contributed by atoms with E-state index in [1.807, 2.05) is 0 Å². The predicted octanol–water partition coefficient (Wildman–Crippen LogP) is 0.745. The van der Waals surface area contributed by atoms with E-state index in [1.165, 1.54) is 11.3 Å². The van der Waals surface area contributed by atoms with Crippen molar-refractivity contribution in [2.45, 2.75) is 26.3 Å². The Morgan fingerprint density at radius 3 is 2.74 bits per heavy atom. The van der Waals surface area contributed by atoms with Gasteiger partial charge in [-0.1, -0.05) is 11.3 Å². The summed E-state index contributed by atoms with van der Waals surface area (Å²) in [6, 6.07) is 0.0837. The van der Waals surface area contributed by atoms with E-state index < -0.39 is 0 Å². The van der Waals surface area contributed by atoms with Crippen LogP contribution in [0.3, 0.4) is 0 Å². The van der Waals surface area contributed by atoms with Crippen LogP contribution in [0, 0.1) is 0 Å². The van der Waals surface area contributed by atoms with Gasteiger partial charge in [0.25, 0.3) is 5.91 Å². The zero-order chi connectivity index (χ0) is 14.0. The lowest BCUT2D eigenvalue weighted by molar-refractivity contribution is 0.0796. The van der Waals surface area contributed by atoms with Crippen molar-refractivity contribution in [3.8, 4) is 0 Å². The first kappa shape index (κ1) is 14.1. The largest absolute Gasteiger partial charge is 0.382 e. The minimum atomic E-state index is -0.0404. The molecule has 1 fully saturated rings. The van der Waals surface area contributed by atoms with Crippen LogP contribution in [0.2, 0.25) is 0 Å². The van der Waals surface area contributed by atoms with Gasteiger partial charge in [0.2, 0.25) is 0 Å². The standard InChI is InChI=1S/C12H21N5OS/c1-3-16(4-2)12-15-10(14)9(19-12)11(18)17-6-5-8(13)7-17/h8H,3-7,13-14H2,1-2H3. The zero-order valence-electron chi connectivity index (χ0n) is 11.4. The Bertz CT molecular complexity index is 457. The Hall–Kier alpha value is -1.34. The summed E-state index contributed by atoms with van der Waals surface area (Å²) >= 11 is 1.37. The Labute approximate surface area is 117 Å². The number of anilines is 2. The summed E-state index contributed by atoms with van der Waals surface area (Å²) in [5, 5.41) is 0.814. The summed E-state index contributed by atoms with van der Waals surface area (Å²) in [5.41, 5.74) is 11.7. The summed E-state index contributed by atoms with van der Waals surface area (Å²) in [5.74, 6) is 0.290. The first-order chi connectivity index (χ1) is 9.06. The van der Waals surface area contributed by atoms with Crippen molar-refractivity contribution < 1.29 is 4.79 Å². The van der Waals surface area contributed by atoms with E-state index >= 15 is 0 Å². The molecule has 1 aromatic heterocycles. The van der Waals surface area contributed by atoms with Crippen LogP contribution in [0.5, 0.6) is 0 Å². The molecule has 2 heterocycles. The fourth-order valence-electron chi connectivity index (χ4n) is 2.22. The molecule has 1 aliphatic heterocycles. The van der Waals surface area contributed by atoms with Crippen molar-refractivity contribution >= 4 is 28.2 Å². The van der Waals surface area contributed by atoms with Crippen LogP contribution in [-0.2, 0) is 0 Å². The number of amides is 1. The van der Waals surface area contributed by atoms with Gasteiger partial charge < -0.3 is 21.3 Å². The lowest BCUT2D eigenvalue weighted by Gasteiger charge is -2.16. The third-order valence-electron chi connectivity index (χ3n) is 3.38. The molecule has 0 aromatic carbocycles. The maximum Gasteiger partial charge on any atom is 0.267 e. The Kier molecular flexibility index (Phi) is 4.26. The van der Waals surface area contributed by atoms with Gasteiger partial charge in [-0.05, 0) is 20.3 Å². The van der Waals surface area contributed by atoms with Crippen molar-refractivity contribution in [2.75, 3.05) is 36.8 Å². The number of nitrogens with zero attached hydrogens (tertiary/aromatic N) is 3. The van der Waals surface area contributed by atoms with Gasteiger partial charge in [0.05, 0.1) is 0 Å².